The second kappa shape index (κ2) is 3.23. The molecule has 2 N–H and O–H groups in total. The van der Waals surface area contributed by atoms with Crippen molar-refractivity contribution in [3.8, 4) is 0 Å². The Kier molecular flexibility index (Phi) is 1.99. The number of fused-ring (bicyclic) bond motifs is 1. The van der Waals surface area contributed by atoms with Crippen molar-refractivity contribution in [1.82, 2.24) is 0 Å². The third kappa shape index (κ3) is 1.63. The summed E-state index contributed by atoms with van der Waals surface area (Å²) < 4.78 is 1.03. The maximum atomic E-state index is 11.7. The van der Waals surface area contributed by atoms with E-state index in [0.29, 0.717) is 5.92 Å². The van der Waals surface area contributed by atoms with E-state index in [1.807, 2.05) is 18.2 Å². The van der Waals surface area contributed by atoms with Gasteiger partial charge in [0, 0.05) is 4.47 Å². The van der Waals surface area contributed by atoms with E-state index in [1.165, 1.54) is 0 Å². The van der Waals surface area contributed by atoms with Crippen LogP contribution in [0.4, 0.5) is 11.4 Å². The van der Waals surface area contributed by atoms with Crippen LogP contribution in [0, 0.1) is 5.92 Å². The first-order valence-electron chi connectivity index (χ1n) is 5.11. The maximum Gasteiger partial charge on any atom is 0.247 e. The van der Waals surface area contributed by atoms with Gasteiger partial charge in [0.2, 0.25) is 5.91 Å². The average Bonchev–Trinajstić information content (AvgIpc) is 3.01. The molecule has 1 aromatic carbocycles. The van der Waals surface area contributed by atoms with Crippen molar-refractivity contribution in [2.75, 3.05) is 10.6 Å². The number of halogens is 1. The van der Waals surface area contributed by atoms with E-state index in [4.69, 9.17) is 0 Å². The van der Waals surface area contributed by atoms with Crippen molar-refractivity contribution in [2.24, 2.45) is 5.92 Å². The fraction of sp³-hybridized carbons (Fsp3) is 0.364. The summed E-state index contributed by atoms with van der Waals surface area (Å²) in [6, 6.07) is 5.81. The molecule has 2 aliphatic rings. The van der Waals surface area contributed by atoms with Gasteiger partial charge in [0.1, 0.15) is 6.04 Å². The molecule has 78 valence electrons. The van der Waals surface area contributed by atoms with Gasteiger partial charge in [0.05, 0.1) is 11.4 Å². The Labute approximate surface area is 96.4 Å². The lowest BCUT2D eigenvalue weighted by Crippen LogP contribution is -2.40. The Bertz CT molecular complexity index is 429. The highest BCUT2D eigenvalue weighted by atomic mass is 79.9. The molecule has 0 aromatic heterocycles. The van der Waals surface area contributed by atoms with Gasteiger partial charge >= 0.3 is 0 Å². The Morgan fingerprint density at radius 1 is 1.27 bits per heavy atom. The van der Waals surface area contributed by atoms with Gasteiger partial charge < -0.3 is 10.6 Å². The van der Waals surface area contributed by atoms with Crippen LogP contribution < -0.4 is 10.6 Å². The number of benzene rings is 1. The highest BCUT2D eigenvalue weighted by Gasteiger charge is 2.38. The van der Waals surface area contributed by atoms with Gasteiger partial charge in [0.25, 0.3) is 0 Å². The molecule has 1 aliphatic carbocycles. The Balaban J connectivity index is 1.95. The molecule has 15 heavy (non-hydrogen) atoms. The first-order chi connectivity index (χ1) is 7.24. The molecule has 1 saturated carbocycles. The van der Waals surface area contributed by atoms with Gasteiger partial charge in [-0.3, -0.25) is 4.79 Å². The Morgan fingerprint density at radius 2 is 2.07 bits per heavy atom. The summed E-state index contributed by atoms with van der Waals surface area (Å²) in [6.45, 7) is 0. The molecule has 1 fully saturated rings. The van der Waals surface area contributed by atoms with E-state index in [0.717, 1.165) is 28.7 Å². The molecule has 0 radical (unpaired) electrons. The van der Waals surface area contributed by atoms with Crippen LogP contribution in [0.5, 0.6) is 0 Å². The molecule has 1 aromatic rings. The fourth-order valence-electron chi connectivity index (χ4n) is 1.95. The number of rotatable bonds is 1. The third-order valence-electron chi connectivity index (χ3n) is 2.93. The zero-order chi connectivity index (χ0) is 10.4. The molecular weight excluding hydrogens is 256 g/mol. The molecule has 1 atom stereocenters. The van der Waals surface area contributed by atoms with Crippen LogP contribution in [-0.4, -0.2) is 11.9 Å². The second-order valence-corrected chi connectivity index (χ2v) is 5.05. The predicted octanol–water partition coefficient (Wildman–Crippen LogP) is 2.59. The minimum Gasteiger partial charge on any atom is -0.372 e. The average molecular weight is 267 g/mol. The number of hydrogen-bond acceptors (Lipinski definition) is 2. The van der Waals surface area contributed by atoms with Crippen LogP contribution in [-0.2, 0) is 4.79 Å². The number of nitrogens with one attached hydrogen (secondary N) is 2. The van der Waals surface area contributed by atoms with Gasteiger partial charge in [-0.2, -0.15) is 0 Å². The first kappa shape index (κ1) is 9.21. The van der Waals surface area contributed by atoms with Crippen molar-refractivity contribution in [3.63, 3.8) is 0 Å². The lowest BCUT2D eigenvalue weighted by Gasteiger charge is -2.26. The third-order valence-corrected chi connectivity index (χ3v) is 3.42. The summed E-state index contributed by atoms with van der Waals surface area (Å²) in [5.41, 5.74) is 1.89. The molecule has 1 unspecified atom stereocenters. The van der Waals surface area contributed by atoms with Crippen molar-refractivity contribution in [2.45, 2.75) is 18.9 Å². The lowest BCUT2D eigenvalue weighted by molar-refractivity contribution is -0.117. The highest BCUT2D eigenvalue weighted by Crippen LogP contribution is 2.39. The van der Waals surface area contributed by atoms with Crippen molar-refractivity contribution >= 4 is 33.2 Å². The first-order valence-corrected chi connectivity index (χ1v) is 5.90. The molecular formula is C11H11BrN2O. The quantitative estimate of drug-likeness (QED) is 0.821. The lowest BCUT2D eigenvalue weighted by atomic mass is 10.1. The molecule has 0 spiro atoms. The maximum absolute atomic E-state index is 11.7. The minimum atomic E-state index is -0.0354. The zero-order valence-corrected chi connectivity index (χ0v) is 9.67. The standard InChI is InChI=1S/C11H11BrN2O/c12-7-3-4-8-9(5-7)13-10(6-1-2-6)11(15)14-8/h3-6,10,13H,1-2H2,(H,14,15). The van der Waals surface area contributed by atoms with Crippen molar-refractivity contribution < 1.29 is 4.79 Å². The van der Waals surface area contributed by atoms with E-state index in [2.05, 4.69) is 26.6 Å². The molecule has 3 rings (SSSR count). The minimum absolute atomic E-state index is 0.0354. The van der Waals surface area contributed by atoms with Crippen molar-refractivity contribution in [3.05, 3.63) is 22.7 Å². The summed E-state index contributed by atoms with van der Waals surface area (Å²) >= 11 is 3.43. The van der Waals surface area contributed by atoms with E-state index in [-0.39, 0.29) is 11.9 Å². The molecule has 0 saturated heterocycles. The number of hydrogen-bond donors (Lipinski definition) is 2. The number of carbonyl (C=O) groups excluding carboxylic acids is 1. The van der Waals surface area contributed by atoms with E-state index in [9.17, 15) is 4.79 Å². The summed E-state index contributed by atoms with van der Waals surface area (Å²) in [5.74, 6) is 0.629. The molecule has 1 aliphatic heterocycles. The molecule has 3 nitrogen and oxygen atoms in total. The smallest absolute Gasteiger partial charge is 0.247 e. The Hall–Kier alpha value is -1.03. The Morgan fingerprint density at radius 3 is 2.80 bits per heavy atom. The van der Waals surface area contributed by atoms with Crippen LogP contribution in [0.3, 0.4) is 0 Å². The van der Waals surface area contributed by atoms with Gasteiger partial charge in [0.15, 0.2) is 0 Å². The summed E-state index contributed by atoms with van der Waals surface area (Å²) in [4.78, 5) is 11.7. The van der Waals surface area contributed by atoms with E-state index < -0.39 is 0 Å². The largest absolute Gasteiger partial charge is 0.372 e. The predicted molar refractivity (Wildman–Crippen MR) is 62.9 cm³/mol. The normalized spacial score (nSPS) is 24.1. The van der Waals surface area contributed by atoms with Gasteiger partial charge in [-0.15, -0.1) is 0 Å². The van der Waals surface area contributed by atoms with Crippen LogP contribution in [0.25, 0.3) is 0 Å². The second-order valence-electron chi connectivity index (χ2n) is 4.14. The number of amides is 1. The van der Waals surface area contributed by atoms with Crippen LogP contribution in [0.15, 0.2) is 22.7 Å². The topological polar surface area (TPSA) is 41.1 Å². The molecule has 1 amide bonds. The van der Waals surface area contributed by atoms with Crippen LogP contribution >= 0.6 is 15.9 Å². The summed E-state index contributed by atoms with van der Waals surface area (Å²) in [6.07, 6.45) is 2.32. The van der Waals surface area contributed by atoms with E-state index in [1.54, 1.807) is 0 Å². The number of carbonyl (C=O) groups is 1. The van der Waals surface area contributed by atoms with Crippen LogP contribution in [0.2, 0.25) is 0 Å². The fourth-order valence-corrected chi connectivity index (χ4v) is 2.31. The zero-order valence-electron chi connectivity index (χ0n) is 8.09. The number of anilines is 2. The van der Waals surface area contributed by atoms with Crippen molar-refractivity contribution in [1.29, 1.82) is 0 Å². The summed E-state index contributed by atoms with van der Waals surface area (Å²) in [5, 5.41) is 6.24. The van der Waals surface area contributed by atoms with Gasteiger partial charge in [-0.25, -0.2) is 0 Å². The van der Waals surface area contributed by atoms with E-state index >= 15 is 0 Å². The van der Waals surface area contributed by atoms with Gasteiger partial charge in [-0.1, -0.05) is 15.9 Å². The highest BCUT2D eigenvalue weighted by molar-refractivity contribution is 9.10. The van der Waals surface area contributed by atoms with Gasteiger partial charge in [-0.05, 0) is 37.0 Å². The molecule has 4 heteroatoms. The molecule has 1 heterocycles. The molecule has 0 bridgehead atoms. The SMILES string of the molecule is O=C1Nc2ccc(Br)cc2NC1C1CC1. The summed E-state index contributed by atoms with van der Waals surface area (Å²) in [7, 11) is 0. The monoisotopic (exact) mass is 266 g/mol. The van der Waals surface area contributed by atoms with Crippen LogP contribution in [0.1, 0.15) is 12.8 Å².